The Morgan fingerprint density at radius 1 is 1.25 bits per heavy atom. The van der Waals surface area contributed by atoms with Crippen LogP contribution in [0.1, 0.15) is 23.3 Å². The van der Waals surface area contributed by atoms with Crippen molar-refractivity contribution in [2.45, 2.75) is 12.8 Å². The van der Waals surface area contributed by atoms with Gasteiger partial charge in [0.15, 0.2) is 0 Å². The van der Waals surface area contributed by atoms with E-state index in [1.54, 1.807) is 12.1 Å². The van der Waals surface area contributed by atoms with Crippen LogP contribution in [0, 0.1) is 0 Å². The molecule has 3 rings (SSSR count). The minimum atomic E-state index is -0.121. The molecular formula is C17H21Cl2N3O2. The van der Waals surface area contributed by atoms with Crippen molar-refractivity contribution in [3.63, 3.8) is 0 Å². The highest BCUT2D eigenvalue weighted by Gasteiger charge is 2.13. The monoisotopic (exact) mass is 369 g/mol. The molecule has 2 aromatic rings. The standard InChI is InChI=1S/C17H21Cl2N3O2/c18-13-3-4-14-12(16(13)19)11-15(21-14)17(23)20-5-1-2-6-22-7-9-24-10-8-22/h3-4,11,21H,1-2,5-10H2,(H,20,23). The topological polar surface area (TPSA) is 57.4 Å². The van der Waals surface area contributed by atoms with Gasteiger partial charge in [-0.1, -0.05) is 23.2 Å². The number of hydrogen-bond donors (Lipinski definition) is 2. The summed E-state index contributed by atoms with van der Waals surface area (Å²) in [5, 5.41) is 4.66. The number of nitrogens with one attached hydrogen (secondary N) is 2. The number of H-pyrrole nitrogens is 1. The van der Waals surface area contributed by atoms with E-state index in [1.807, 2.05) is 6.07 Å². The molecule has 1 aliphatic rings. The number of rotatable bonds is 6. The second-order valence-electron chi connectivity index (χ2n) is 5.92. The normalized spacial score (nSPS) is 15.8. The van der Waals surface area contributed by atoms with Gasteiger partial charge < -0.3 is 15.0 Å². The quantitative estimate of drug-likeness (QED) is 0.767. The molecule has 1 aliphatic heterocycles. The molecule has 5 nitrogen and oxygen atoms in total. The third kappa shape index (κ3) is 4.22. The third-order valence-electron chi connectivity index (χ3n) is 4.23. The van der Waals surface area contributed by atoms with Gasteiger partial charge in [0.25, 0.3) is 5.91 Å². The van der Waals surface area contributed by atoms with E-state index >= 15 is 0 Å². The van der Waals surface area contributed by atoms with E-state index in [-0.39, 0.29) is 5.91 Å². The van der Waals surface area contributed by atoms with E-state index in [0.717, 1.165) is 56.6 Å². The van der Waals surface area contributed by atoms with Gasteiger partial charge in [0.05, 0.1) is 23.3 Å². The van der Waals surface area contributed by atoms with Crippen molar-refractivity contribution in [3.8, 4) is 0 Å². The molecule has 0 unspecified atom stereocenters. The fourth-order valence-electron chi connectivity index (χ4n) is 2.85. The van der Waals surface area contributed by atoms with E-state index in [1.165, 1.54) is 0 Å². The van der Waals surface area contributed by atoms with Crippen LogP contribution in [-0.4, -0.2) is 55.2 Å². The van der Waals surface area contributed by atoms with Crippen molar-refractivity contribution in [1.82, 2.24) is 15.2 Å². The van der Waals surface area contributed by atoms with Gasteiger partial charge in [-0.25, -0.2) is 0 Å². The van der Waals surface area contributed by atoms with E-state index in [0.29, 0.717) is 22.3 Å². The van der Waals surface area contributed by atoms with Crippen LogP contribution in [0.15, 0.2) is 18.2 Å². The summed E-state index contributed by atoms with van der Waals surface area (Å²) in [6, 6.07) is 5.28. The van der Waals surface area contributed by atoms with Gasteiger partial charge >= 0.3 is 0 Å². The first-order valence-electron chi connectivity index (χ1n) is 8.20. The van der Waals surface area contributed by atoms with Gasteiger partial charge in [0.1, 0.15) is 5.69 Å². The number of morpholine rings is 1. The minimum absolute atomic E-state index is 0.121. The number of halogens is 2. The molecule has 2 N–H and O–H groups in total. The lowest BCUT2D eigenvalue weighted by molar-refractivity contribution is 0.0372. The zero-order valence-electron chi connectivity index (χ0n) is 13.4. The Hall–Kier alpha value is -1.27. The summed E-state index contributed by atoms with van der Waals surface area (Å²) in [7, 11) is 0. The van der Waals surface area contributed by atoms with Gasteiger partial charge in [-0.2, -0.15) is 0 Å². The van der Waals surface area contributed by atoms with E-state index in [9.17, 15) is 4.79 Å². The lowest BCUT2D eigenvalue weighted by atomic mass is 10.2. The number of fused-ring (bicyclic) bond motifs is 1. The number of ether oxygens (including phenoxy) is 1. The highest BCUT2D eigenvalue weighted by Crippen LogP contribution is 2.31. The number of nitrogens with zero attached hydrogens (tertiary/aromatic N) is 1. The molecule has 2 heterocycles. The molecule has 1 amide bonds. The van der Waals surface area contributed by atoms with Gasteiger partial charge in [-0.05, 0) is 37.6 Å². The number of aromatic nitrogens is 1. The number of aromatic amines is 1. The van der Waals surface area contributed by atoms with Crippen molar-refractivity contribution in [3.05, 3.63) is 33.9 Å². The summed E-state index contributed by atoms with van der Waals surface area (Å²) in [5.41, 5.74) is 1.31. The van der Waals surface area contributed by atoms with Crippen LogP contribution >= 0.6 is 23.2 Å². The molecule has 1 fully saturated rings. The van der Waals surface area contributed by atoms with Crippen LogP contribution in [0.5, 0.6) is 0 Å². The number of carbonyl (C=O) groups is 1. The summed E-state index contributed by atoms with van der Waals surface area (Å²) in [6.45, 7) is 5.37. The molecular weight excluding hydrogens is 349 g/mol. The molecule has 0 spiro atoms. The van der Waals surface area contributed by atoms with Gasteiger partial charge in [-0.15, -0.1) is 0 Å². The van der Waals surface area contributed by atoms with Gasteiger partial charge in [-0.3, -0.25) is 9.69 Å². The van der Waals surface area contributed by atoms with E-state index in [4.69, 9.17) is 27.9 Å². The SMILES string of the molecule is O=C(NCCCCN1CCOCC1)c1cc2c(Cl)c(Cl)ccc2[nH]1. The summed E-state index contributed by atoms with van der Waals surface area (Å²) in [6.07, 6.45) is 2.02. The van der Waals surface area contributed by atoms with Crippen molar-refractivity contribution in [2.75, 3.05) is 39.4 Å². The van der Waals surface area contributed by atoms with Crippen molar-refractivity contribution in [1.29, 1.82) is 0 Å². The first-order chi connectivity index (χ1) is 11.6. The number of benzene rings is 1. The number of amides is 1. The number of hydrogen-bond acceptors (Lipinski definition) is 3. The summed E-state index contributed by atoms with van der Waals surface area (Å²) in [5.74, 6) is -0.121. The average Bonchev–Trinajstić information content (AvgIpc) is 3.04. The van der Waals surface area contributed by atoms with Gasteiger partial charge in [0.2, 0.25) is 0 Å². The largest absolute Gasteiger partial charge is 0.379 e. The second-order valence-corrected chi connectivity index (χ2v) is 6.71. The molecule has 0 radical (unpaired) electrons. The van der Waals surface area contributed by atoms with Crippen LogP contribution in [0.3, 0.4) is 0 Å². The molecule has 7 heteroatoms. The predicted molar refractivity (Wildman–Crippen MR) is 97.1 cm³/mol. The maximum Gasteiger partial charge on any atom is 0.267 e. The molecule has 130 valence electrons. The fourth-order valence-corrected chi connectivity index (χ4v) is 3.23. The van der Waals surface area contributed by atoms with E-state index < -0.39 is 0 Å². The Balaban J connectivity index is 1.46. The Kier molecular flexibility index (Phi) is 6.00. The summed E-state index contributed by atoms with van der Waals surface area (Å²) in [4.78, 5) is 17.7. The molecule has 0 bridgehead atoms. The zero-order chi connectivity index (χ0) is 16.9. The Labute approximate surface area is 151 Å². The Bertz CT molecular complexity index is 711. The van der Waals surface area contributed by atoms with Crippen molar-refractivity contribution in [2.24, 2.45) is 0 Å². The van der Waals surface area contributed by atoms with Crippen LogP contribution < -0.4 is 5.32 Å². The highest BCUT2D eigenvalue weighted by molar-refractivity contribution is 6.45. The molecule has 1 aromatic heterocycles. The first kappa shape index (κ1) is 17.5. The maximum absolute atomic E-state index is 12.2. The van der Waals surface area contributed by atoms with Crippen LogP contribution in [-0.2, 0) is 4.74 Å². The molecule has 24 heavy (non-hydrogen) atoms. The average molecular weight is 370 g/mol. The fraction of sp³-hybridized carbons (Fsp3) is 0.471. The summed E-state index contributed by atoms with van der Waals surface area (Å²) < 4.78 is 5.33. The summed E-state index contributed by atoms with van der Waals surface area (Å²) >= 11 is 12.2. The Morgan fingerprint density at radius 3 is 2.83 bits per heavy atom. The number of unbranched alkanes of at least 4 members (excludes halogenated alkanes) is 1. The maximum atomic E-state index is 12.2. The van der Waals surface area contributed by atoms with Crippen LogP contribution in [0.25, 0.3) is 10.9 Å². The third-order valence-corrected chi connectivity index (χ3v) is 5.04. The molecule has 1 aromatic carbocycles. The zero-order valence-corrected chi connectivity index (χ0v) is 14.9. The van der Waals surface area contributed by atoms with E-state index in [2.05, 4.69) is 15.2 Å². The smallest absolute Gasteiger partial charge is 0.267 e. The highest BCUT2D eigenvalue weighted by atomic mass is 35.5. The minimum Gasteiger partial charge on any atom is -0.379 e. The van der Waals surface area contributed by atoms with Crippen molar-refractivity contribution < 1.29 is 9.53 Å². The lowest BCUT2D eigenvalue weighted by Crippen LogP contribution is -2.37. The Morgan fingerprint density at radius 2 is 2.04 bits per heavy atom. The first-order valence-corrected chi connectivity index (χ1v) is 8.96. The van der Waals surface area contributed by atoms with Gasteiger partial charge in [0, 0.05) is 30.5 Å². The lowest BCUT2D eigenvalue weighted by Gasteiger charge is -2.26. The molecule has 0 aliphatic carbocycles. The van der Waals surface area contributed by atoms with Crippen LogP contribution in [0.4, 0.5) is 0 Å². The van der Waals surface area contributed by atoms with Crippen LogP contribution in [0.2, 0.25) is 10.0 Å². The second kappa shape index (κ2) is 8.21. The predicted octanol–water partition coefficient (Wildman–Crippen LogP) is 3.32. The molecule has 0 atom stereocenters. The van der Waals surface area contributed by atoms with Crippen molar-refractivity contribution >= 4 is 40.0 Å². The number of carbonyl (C=O) groups excluding carboxylic acids is 1. The molecule has 0 saturated carbocycles. The molecule has 1 saturated heterocycles.